The first-order chi connectivity index (χ1) is 11.3. The van der Waals surface area contributed by atoms with Gasteiger partial charge in [0.25, 0.3) is 0 Å². The maximum Gasteiger partial charge on any atom is 0.225 e. The number of nitrogens with zero attached hydrogens (tertiary/aromatic N) is 3. The van der Waals surface area contributed by atoms with Gasteiger partial charge in [-0.2, -0.15) is 0 Å². The van der Waals surface area contributed by atoms with Crippen molar-refractivity contribution in [3.05, 3.63) is 36.0 Å². The predicted octanol–water partition coefficient (Wildman–Crippen LogP) is 2.50. The van der Waals surface area contributed by atoms with Gasteiger partial charge >= 0.3 is 0 Å². The summed E-state index contributed by atoms with van der Waals surface area (Å²) in [7, 11) is 0. The molecule has 0 bridgehead atoms. The average molecular weight is 328 g/mol. The number of aromatic nitrogens is 3. The van der Waals surface area contributed by atoms with E-state index < -0.39 is 0 Å². The number of rotatable bonds is 6. The molecule has 2 heterocycles. The third kappa shape index (κ3) is 5.49. The van der Waals surface area contributed by atoms with Crippen LogP contribution in [0.2, 0.25) is 0 Å². The Balaban J connectivity index is 1.79. The first-order valence-electron chi connectivity index (χ1n) is 7.90. The van der Waals surface area contributed by atoms with Gasteiger partial charge in [0.15, 0.2) is 5.82 Å². The minimum Gasteiger partial charge on any atom is -0.367 e. The molecule has 7 heteroatoms. The van der Waals surface area contributed by atoms with E-state index in [-0.39, 0.29) is 11.3 Å². The van der Waals surface area contributed by atoms with Gasteiger partial charge in [0.1, 0.15) is 11.6 Å². The highest BCUT2D eigenvalue weighted by atomic mass is 16.2. The van der Waals surface area contributed by atoms with E-state index >= 15 is 0 Å². The second-order valence-corrected chi connectivity index (χ2v) is 6.58. The second kappa shape index (κ2) is 7.72. The number of pyridine rings is 1. The van der Waals surface area contributed by atoms with Gasteiger partial charge in [-0.15, -0.1) is 10.2 Å². The molecule has 24 heavy (non-hydrogen) atoms. The first kappa shape index (κ1) is 17.7. The van der Waals surface area contributed by atoms with E-state index in [9.17, 15) is 4.79 Å². The van der Waals surface area contributed by atoms with Crippen molar-refractivity contribution in [3.8, 4) is 0 Å². The van der Waals surface area contributed by atoms with Crippen molar-refractivity contribution in [2.75, 3.05) is 23.7 Å². The molecule has 0 aliphatic rings. The zero-order valence-electron chi connectivity index (χ0n) is 14.6. The van der Waals surface area contributed by atoms with Crippen LogP contribution in [0.3, 0.4) is 0 Å². The summed E-state index contributed by atoms with van der Waals surface area (Å²) in [6.45, 7) is 8.78. The SMILES string of the molecule is Cc1ccnc(Nc2ccc(NCCNC(=O)C(C)(C)C)nn2)c1. The van der Waals surface area contributed by atoms with Crippen molar-refractivity contribution >= 4 is 23.4 Å². The van der Waals surface area contributed by atoms with Crippen molar-refractivity contribution in [2.24, 2.45) is 5.41 Å². The van der Waals surface area contributed by atoms with Gasteiger partial charge in [-0.3, -0.25) is 4.79 Å². The lowest BCUT2D eigenvalue weighted by molar-refractivity contribution is -0.128. The topological polar surface area (TPSA) is 91.8 Å². The molecule has 2 rings (SSSR count). The number of hydrogen-bond acceptors (Lipinski definition) is 6. The summed E-state index contributed by atoms with van der Waals surface area (Å²) in [6, 6.07) is 7.53. The Morgan fingerprint density at radius 1 is 1.04 bits per heavy atom. The van der Waals surface area contributed by atoms with Crippen LogP contribution < -0.4 is 16.0 Å². The van der Waals surface area contributed by atoms with E-state index in [1.807, 2.05) is 52.0 Å². The minimum atomic E-state index is -0.378. The third-order valence-electron chi connectivity index (χ3n) is 3.23. The lowest BCUT2D eigenvalue weighted by atomic mass is 9.96. The summed E-state index contributed by atoms with van der Waals surface area (Å²) in [4.78, 5) is 16.0. The average Bonchev–Trinajstić information content (AvgIpc) is 2.52. The second-order valence-electron chi connectivity index (χ2n) is 6.58. The van der Waals surface area contributed by atoms with E-state index in [1.54, 1.807) is 6.20 Å². The summed E-state index contributed by atoms with van der Waals surface area (Å²) >= 11 is 0. The number of carbonyl (C=O) groups is 1. The van der Waals surface area contributed by atoms with E-state index in [0.717, 1.165) is 11.4 Å². The fraction of sp³-hybridized carbons (Fsp3) is 0.412. The zero-order chi connectivity index (χ0) is 17.6. The standard InChI is InChI=1S/C17H24N6O/c1-12-7-8-18-15(11-12)21-14-6-5-13(22-23-14)19-9-10-20-16(24)17(2,3)4/h5-8,11H,9-10H2,1-4H3,(H,19,22)(H,20,24)(H,18,21,23). The smallest absolute Gasteiger partial charge is 0.225 e. The highest BCUT2D eigenvalue weighted by Gasteiger charge is 2.20. The van der Waals surface area contributed by atoms with Gasteiger partial charge < -0.3 is 16.0 Å². The van der Waals surface area contributed by atoms with Crippen molar-refractivity contribution in [3.63, 3.8) is 0 Å². The zero-order valence-corrected chi connectivity index (χ0v) is 14.6. The molecule has 128 valence electrons. The molecule has 0 atom stereocenters. The number of aryl methyl sites for hydroxylation is 1. The quantitative estimate of drug-likeness (QED) is 0.706. The van der Waals surface area contributed by atoms with Gasteiger partial charge in [-0.05, 0) is 36.8 Å². The Hall–Kier alpha value is -2.70. The van der Waals surface area contributed by atoms with Crippen LogP contribution in [-0.4, -0.2) is 34.2 Å². The minimum absolute atomic E-state index is 0.0283. The molecule has 0 saturated heterocycles. The number of hydrogen-bond donors (Lipinski definition) is 3. The maximum absolute atomic E-state index is 11.7. The molecule has 0 aliphatic carbocycles. The number of amides is 1. The Kier molecular flexibility index (Phi) is 5.68. The maximum atomic E-state index is 11.7. The largest absolute Gasteiger partial charge is 0.367 e. The number of anilines is 3. The number of carbonyl (C=O) groups excluding carboxylic acids is 1. The van der Waals surface area contributed by atoms with Gasteiger partial charge in [0.05, 0.1) is 0 Å². The van der Waals surface area contributed by atoms with Crippen LogP contribution in [0, 0.1) is 12.3 Å². The number of nitrogens with one attached hydrogen (secondary N) is 3. The van der Waals surface area contributed by atoms with Crippen LogP contribution in [0.4, 0.5) is 17.5 Å². The van der Waals surface area contributed by atoms with Crippen LogP contribution >= 0.6 is 0 Å². The molecule has 0 radical (unpaired) electrons. The van der Waals surface area contributed by atoms with Crippen LogP contribution in [0.1, 0.15) is 26.3 Å². The van der Waals surface area contributed by atoms with Crippen LogP contribution in [0.25, 0.3) is 0 Å². The lowest BCUT2D eigenvalue weighted by Crippen LogP contribution is -2.37. The van der Waals surface area contributed by atoms with E-state index in [0.29, 0.717) is 24.7 Å². The highest BCUT2D eigenvalue weighted by molar-refractivity contribution is 5.81. The fourth-order valence-electron chi connectivity index (χ4n) is 1.86. The Bertz CT molecular complexity index is 678. The molecular formula is C17H24N6O. The molecule has 2 aromatic rings. The van der Waals surface area contributed by atoms with E-state index in [1.165, 1.54) is 0 Å². The molecule has 0 aliphatic heterocycles. The van der Waals surface area contributed by atoms with Crippen LogP contribution in [0.15, 0.2) is 30.5 Å². The monoisotopic (exact) mass is 328 g/mol. The lowest BCUT2D eigenvalue weighted by Gasteiger charge is -2.17. The molecular weight excluding hydrogens is 304 g/mol. The Labute approximate surface area is 142 Å². The van der Waals surface area contributed by atoms with Gasteiger partial charge in [-0.1, -0.05) is 20.8 Å². The van der Waals surface area contributed by atoms with Gasteiger partial charge in [0, 0.05) is 24.7 Å². The molecule has 0 unspecified atom stereocenters. The van der Waals surface area contributed by atoms with Gasteiger partial charge in [-0.25, -0.2) is 4.98 Å². The summed E-state index contributed by atoms with van der Waals surface area (Å²) < 4.78 is 0. The fourth-order valence-corrected chi connectivity index (χ4v) is 1.86. The predicted molar refractivity (Wildman–Crippen MR) is 95.2 cm³/mol. The molecule has 3 N–H and O–H groups in total. The summed E-state index contributed by atoms with van der Waals surface area (Å²) in [5, 5.41) is 17.3. The van der Waals surface area contributed by atoms with Crippen molar-refractivity contribution in [2.45, 2.75) is 27.7 Å². The molecule has 1 amide bonds. The van der Waals surface area contributed by atoms with Crippen molar-refractivity contribution < 1.29 is 4.79 Å². The van der Waals surface area contributed by atoms with Crippen molar-refractivity contribution in [1.82, 2.24) is 20.5 Å². The van der Waals surface area contributed by atoms with Crippen LogP contribution in [-0.2, 0) is 4.79 Å². The molecule has 0 saturated carbocycles. The van der Waals surface area contributed by atoms with E-state index in [2.05, 4.69) is 31.1 Å². The Morgan fingerprint density at radius 3 is 2.38 bits per heavy atom. The van der Waals surface area contributed by atoms with E-state index in [4.69, 9.17) is 0 Å². The highest BCUT2D eigenvalue weighted by Crippen LogP contribution is 2.13. The van der Waals surface area contributed by atoms with Crippen molar-refractivity contribution in [1.29, 1.82) is 0 Å². The van der Waals surface area contributed by atoms with Gasteiger partial charge in [0.2, 0.25) is 5.91 Å². The Morgan fingerprint density at radius 2 is 1.75 bits per heavy atom. The normalized spacial score (nSPS) is 11.0. The molecule has 0 aromatic carbocycles. The molecule has 0 spiro atoms. The summed E-state index contributed by atoms with van der Waals surface area (Å²) in [5.41, 5.74) is 0.743. The first-order valence-corrected chi connectivity index (χ1v) is 7.90. The molecule has 0 fully saturated rings. The molecule has 7 nitrogen and oxygen atoms in total. The summed E-state index contributed by atoms with van der Waals surface area (Å²) in [5.74, 6) is 2.04. The third-order valence-corrected chi connectivity index (χ3v) is 3.23. The van der Waals surface area contributed by atoms with Crippen LogP contribution in [0.5, 0.6) is 0 Å². The summed E-state index contributed by atoms with van der Waals surface area (Å²) in [6.07, 6.45) is 1.74. The molecule has 2 aromatic heterocycles.